The van der Waals surface area contributed by atoms with E-state index in [9.17, 15) is 9.59 Å². The Hall–Kier alpha value is -2.75. The van der Waals surface area contributed by atoms with Crippen LogP contribution in [0.5, 0.6) is 5.75 Å². The molecule has 1 atom stereocenters. The van der Waals surface area contributed by atoms with E-state index in [4.69, 9.17) is 9.26 Å². The highest BCUT2D eigenvalue weighted by molar-refractivity contribution is 7.97. The van der Waals surface area contributed by atoms with Crippen LogP contribution in [0, 0.1) is 0 Å². The fourth-order valence-corrected chi connectivity index (χ4v) is 2.85. The van der Waals surface area contributed by atoms with Crippen molar-refractivity contribution < 1.29 is 18.8 Å². The maximum absolute atomic E-state index is 12.1. The zero-order valence-electron chi connectivity index (χ0n) is 14.6. The number of hydrogen-bond donors (Lipinski definition) is 2. The van der Waals surface area contributed by atoms with Gasteiger partial charge in [-0.25, -0.2) is 4.79 Å². The van der Waals surface area contributed by atoms with E-state index in [2.05, 4.69) is 20.8 Å². The molecule has 138 valence electrons. The number of anilines is 2. The molecule has 1 aliphatic heterocycles. The van der Waals surface area contributed by atoms with Crippen molar-refractivity contribution in [2.75, 3.05) is 23.5 Å². The molecule has 10 heteroatoms. The highest BCUT2D eigenvalue weighted by Crippen LogP contribution is 2.35. The number of urea groups is 1. The zero-order chi connectivity index (χ0) is 18.7. The molecule has 2 aromatic rings. The van der Waals surface area contributed by atoms with E-state index in [1.165, 1.54) is 4.90 Å². The zero-order valence-corrected chi connectivity index (χ0v) is 15.4. The van der Waals surface area contributed by atoms with Crippen LogP contribution >= 0.6 is 11.8 Å². The molecule has 26 heavy (non-hydrogen) atoms. The Morgan fingerprint density at radius 2 is 2.23 bits per heavy atom. The number of carbonyl (C=O) groups excluding carboxylic acids is 2. The predicted octanol–water partition coefficient (Wildman–Crippen LogP) is 2.00. The molecule has 1 aliphatic rings. The lowest BCUT2D eigenvalue weighted by molar-refractivity contribution is -0.125. The van der Waals surface area contributed by atoms with Crippen molar-refractivity contribution in [3.05, 3.63) is 29.9 Å². The molecule has 0 bridgehead atoms. The number of carbonyl (C=O) groups is 2. The summed E-state index contributed by atoms with van der Waals surface area (Å²) in [6.45, 7) is 1.82. The normalized spacial score (nSPS) is 16.0. The second kappa shape index (κ2) is 7.65. The summed E-state index contributed by atoms with van der Waals surface area (Å²) in [6, 6.07) is 4.69. The van der Waals surface area contributed by atoms with E-state index in [0.717, 1.165) is 0 Å². The molecule has 1 aromatic carbocycles. The van der Waals surface area contributed by atoms with Gasteiger partial charge in [0, 0.05) is 12.7 Å². The molecular weight excluding hydrogens is 358 g/mol. The molecule has 0 radical (unpaired) electrons. The minimum absolute atomic E-state index is 0.122. The largest absolute Gasteiger partial charge is 0.479 e. The Kier molecular flexibility index (Phi) is 5.31. The van der Waals surface area contributed by atoms with E-state index in [1.54, 1.807) is 43.9 Å². The predicted molar refractivity (Wildman–Crippen MR) is 97.3 cm³/mol. The van der Waals surface area contributed by atoms with Gasteiger partial charge >= 0.3 is 6.03 Å². The van der Waals surface area contributed by atoms with Gasteiger partial charge in [-0.2, -0.15) is 16.7 Å². The van der Waals surface area contributed by atoms with Gasteiger partial charge in [0.15, 0.2) is 11.9 Å². The van der Waals surface area contributed by atoms with Crippen LogP contribution in [0.2, 0.25) is 0 Å². The average molecular weight is 377 g/mol. The summed E-state index contributed by atoms with van der Waals surface area (Å²) >= 11 is 1.58. The van der Waals surface area contributed by atoms with E-state index < -0.39 is 12.1 Å². The highest BCUT2D eigenvalue weighted by atomic mass is 32.2. The lowest BCUT2D eigenvalue weighted by Crippen LogP contribution is -2.42. The van der Waals surface area contributed by atoms with Crippen LogP contribution in [0.15, 0.2) is 22.7 Å². The number of rotatable bonds is 5. The molecule has 3 rings (SSSR count). The Bertz CT molecular complexity index is 825. The second-order valence-corrected chi connectivity index (χ2v) is 6.55. The van der Waals surface area contributed by atoms with Crippen molar-refractivity contribution in [1.82, 2.24) is 15.5 Å². The molecular formula is C16H19N5O4S. The van der Waals surface area contributed by atoms with E-state index in [-0.39, 0.29) is 12.5 Å². The number of hydrogen-bond acceptors (Lipinski definition) is 7. The van der Waals surface area contributed by atoms with Gasteiger partial charge in [-0.1, -0.05) is 5.16 Å². The van der Waals surface area contributed by atoms with Crippen molar-refractivity contribution in [2.45, 2.75) is 25.3 Å². The lowest BCUT2D eigenvalue weighted by atomic mass is 10.2. The summed E-state index contributed by atoms with van der Waals surface area (Å²) in [7, 11) is 1.67. The third kappa shape index (κ3) is 3.90. The average Bonchev–Trinajstić information content (AvgIpc) is 3.07. The van der Waals surface area contributed by atoms with Gasteiger partial charge in [0.05, 0.1) is 18.0 Å². The first-order valence-corrected chi connectivity index (χ1v) is 9.31. The fraction of sp³-hybridized carbons (Fsp3) is 0.375. The van der Waals surface area contributed by atoms with Crippen LogP contribution in [0.25, 0.3) is 0 Å². The third-order valence-corrected chi connectivity index (χ3v) is 4.29. The smallest absolute Gasteiger partial charge is 0.319 e. The van der Waals surface area contributed by atoms with Crippen molar-refractivity contribution >= 4 is 35.1 Å². The second-order valence-electron chi connectivity index (χ2n) is 5.68. The summed E-state index contributed by atoms with van der Waals surface area (Å²) in [6.07, 6.45) is 1.41. The van der Waals surface area contributed by atoms with Gasteiger partial charge in [-0.05, 0) is 31.4 Å². The first-order valence-electron chi connectivity index (χ1n) is 7.91. The minimum atomic E-state index is -0.528. The molecule has 9 nitrogen and oxygen atoms in total. The van der Waals surface area contributed by atoms with Crippen molar-refractivity contribution in [3.8, 4) is 5.75 Å². The summed E-state index contributed by atoms with van der Waals surface area (Å²) in [5.41, 5.74) is 1.14. The van der Waals surface area contributed by atoms with Crippen molar-refractivity contribution in [2.24, 2.45) is 0 Å². The molecule has 0 saturated carbocycles. The summed E-state index contributed by atoms with van der Waals surface area (Å²) in [5, 5.41) is 9.16. The first kappa shape index (κ1) is 18.1. The van der Waals surface area contributed by atoms with Gasteiger partial charge < -0.3 is 24.8 Å². The molecule has 0 saturated heterocycles. The van der Waals surface area contributed by atoms with Crippen molar-refractivity contribution in [1.29, 1.82) is 0 Å². The highest BCUT2D eigenvalue weighted by Gasteiger charge is 2.29. The Labute approximate surface area is 154 Å². The molecule has 0 unspecified atom stereocenters. The number of nitrogens with one attached hydrogen (secondary N) is 2. The summed E-state index contributed by atoms with van der Waals surface area (Å²) < 4.78 is 10.6. The van der Waals surface area contributed by atoms with Gasteiger partial charge in [0.1, 0.15) is 5.75 Å². The molecule has 2 heterocycles. The van der Waals surface area contributed by atoms with Crippen LogP contribution in [0.4, 0.5) is 16.2 Å². The Morgan fingerprint density at radius 3 is 3.00 bits per heavy atom. The topological polar surface area (TPSA) is 110 Å². The van der Waals surface area contributed by atoms with E-state index >= 15 is 0 Å². The van der Waals surface area contributed by atoms with Crippen LogP contribution in [0.1, 0.15) is 18.6 Å². The van der Waals surface area contributed by atoms with Crippen molar-refractivity contribution in [3.63, 3.8) is 0 Å². The van der Waals surface area contributed by atoms with Crippen LogP contribution in [-0.2, 0) is 17.1 Å². The molecule has 3 amide bonds. The minimum Gasteiger partial charge on any atom is -0.479 e. The Morgan fingerprint density at radius 1 is 1.42 bits per heavy atom. The van der Waals surface area contributed by atoms with Gasteiger partial charge in [-0.15, -0.1) is 0 Å². The number of nitrogens with zero attached hydrogens (tertiary/aromatic N) is 3. The summed E-state index contributed by atoms with van der Waals surface area (Å²) in [5.74, 6) is 2.03. The fourth-order valence-electron chi connectivity index (χ4n) is 2.47. The van der Waals surface area contributed by atoms with Gasteiger partial charge in [0.2, 0.25) is 5.89 Å². The van der Waals surface area contributed by atoms with Crippen LogP contribution in [0.3, 0.4) is 0 Å². The maximum atomic E-state index is 12.1. The third-order valence-electron chi connectivity index (χ3n) is 3.74. The Balaban J connectivity index is 1.60. The SMILES string of the molecule is CSCc1noc(CNC(=O)Nc2ccc3c(c2)N(C)C(=O)[C@H](C)O3)n1. The number of thioether (sulfide) groups is 1. The number of ether oxygens (including phenoxy) is 1. The lowest BCUT2D eigenvalue weighted by Gasteiger charge is -2.30. The molecule has 0 fully saturated rings. The van der Waals surface area contributed by atoms with Crippen LogP contribution < -0.4 is 20.3 Å². The number of amides is 3. The number of aromatic nitrogens is 2. The standard InChI is InChI=1S/C16H19N5O4S/c1-9-15(22)21(2)11-6-10(4-5-12(11)24-9)18-16(23)17-7-14-19-13(8-26-3)20-25-14/h4-6,9H,7-8H2,1-3H3,(H2,17,18,23)/t9-/m0/s1. The molecule has 1 aromatic heterocycles. The quantitative estimate of drug-likeness (QED) is 0.820. The van der Waals surface area contributed by atoms with Gasteiger partial charge in [-0.3, -0.25) is 4.79 Å². The molecule has 0 spiro atoms. The number of likely N-dealkylation sites (N-methyl/N-ethyl adjacent to an activating group) is 1. The monoisotopic (exact) mass is 377 g/mol. The van der Waals surface area contributed by atoms with E-state index in [1.807, 2.05) is 6.26 Å². The molecule has 2 N–H and O–H groups in total. The first-order chi connectivity index (χ1) is 12.5. The number of fused-ring (bicyclic) bond motifs is 1. The van der Waals surface area contributed by atoms with Crippen LogP contribution in [-0.4, -0.2) is 41.5 Å². The maximum Gasteiger partial charge on any atom is 0.319 e. The van der Waals surface area contributed by atoms with Gasteiger partial charge in [0.25, 0.3) is 5.91 Å². The number of benzene rings is 1. The summed E-state index contributed by atoms with van der Waals surface area (Å²) in [4.78, 5) is 29.7. The van der Waals surface area contributed by atoms with E-state index in [0.29, 0.717) is 34.6 Å². The molecule has 0 aliphatic carbocycles.